The first-order chi connectivity index (χ1) is 8.28. The molecule has 0 heteroatoms. The van der Waals surface area contributed by atoms with Crippen LogP contribution in [0.25, 0.3) is 0 Å². The quantitative estimate of drug-likeness (QED) is 0.477. The highest BCUT2D eigenvalue weighted by Gasteiger charge is 1.81. The predicted octanol–water partition coefficient (Wildman–Crippen LogP) is 4.76. The molecule has 0 bridgehead atoms. The van der Waals surface area contributed by atoms with Crippen LogP contribution in [0.5, 0.6) is 0 Å². The van der Waals surface area contributed by atoms with E-state index in [-0.39, 0.29) is 0 Å². The van der Waals surface area contributed by atoms with E-state index in [1.807, 2.05) is 69.4 Å². The van der Waals surface area contributed by atoms with Crippen LogP contribution in [0.4, 0.5) is 0 Å². The molecule has 0 N–H and O–H groups in total. The lowest BCUT2D eigenvalue weighted by molar-refractivity contribution is 1.60. The Morgan fingerprint density at radius 2 is 1.76 bits per heavy atom. The molecule has 0 aliphatic rings. The third-order valence-corrected chi connectivity index (χ3v) is 1.99. The van der Waals surface area contributed by atoms with Gasteiger partial charge in [-0.15, -0.1) is 0 Å². The number of hydrogen-bond acceptors (Lipinski definition) is 0. The van der Waals surface area contributed by atoms with Crippen LogP contribution in [0.1, 0.15) is 20.8 Å². The van der Waals surface area contributed by atoms with Crippen LogP contribution in [-0.4, -0.2) is 0 Å². The van der Waals surface area contributed by atoms with Gasteiger partial charge in [-0.3, -0.25) is 0 Å². The van der Waals surface area contributed by atoms with Crippen molar-refractivity contribution in [2.75, 3.05) is 0 Å². The Bertz CT molecular complexity index is 426. The second-order valence-electron chi connectivity index (χ2n) is 3.23. The molecule has 0 aromatic rings. The van der Waals surface area contributed by atoms with E-state index in [4.69, 9.17) is 0 Å². The van der Waals surface area contributed by atoms with Crippen LogP contribution in [0.3, 0.4) is 0 Å². The molecule has 0 aliphatic heterocycles. The first kappa shape index (κ1) is 15.0. The van der Waals surface area contributed by atoms with Gasteiger partial charge < -0.3 is 0 Å². The van der Waals surface area contributed by atoms with Crippen LogP contribution in [0.2, 0.25) is 0 Å². The zero-order chi connectivity index (χ0) is 12.9. The van der Waals surface area contributed by atoms with Gasteiger partial charge in [0.2, 0.25) is 0 Å². The largest absolute Gasteiger partial charge is 0.0991 e. The summed E-state index contributed by atoms with van der Waals surface area (Å²) in [4.78, 5) is 0. The maximum atomic E-state index is 3.64. The zero-order valence-electron chi connectivity index (χ0n) is 10.9. The van der Waals surface area contributed by atoms with E-state index < -0.39 is 0 Å². The minimum Gasteiger partial charge on any atom is -0.0991 e. The molecule has 0 radical (unpaired) electrons. The number of hydrogen-bond donors (Lipinski definition) is 0. The Morgan fingerprint density at radius 1 is 1.00 bits per heavy atom. The lowest BCUT2D eigenvalue weighted by atomic mass is 10.2. The van der Waals surface area contributed by atoms with E-state index in [1.54, 1.807) is 6.08 Å². The maximum Gasteiger partial charge on any atom is 0.0202 e. The van der Waals surface area contributed by atoms with Crippen molar-refractivity contribution in [1.29, 1.82) is 0 Å². The van der Waals surface area contributed by atoms with Gasteiger partial charge in [-0.05, 0) is 38.5 Å². The summed E-state index contributed by atoms with van der Waals surface area (Å²) in [7, 11) is 0. The highest BCUT2D eigenvalue weighted by atomic mass is 13.9. The minimum absolute atomic E-state index is 1.03. The van der Waals surface area contributed by atoms with E-state index in [2.05, 4.69) is 18.4 Å². The maximum absolute atomic E-state index is 3.64. The molecule has 0 spiro atoms. The van der Waals surface area contributed by atoms with E-state index in [0.29, 0.717) is 0 Å². The van der Waals surface area contributed by atoms with Gasteiger partial charge in [0.15, 0.2) is 0 Å². The monoisotopic (exact) mass is 224 g/mol. The van der Waals surface area contributed by atoms with Crippen LogP contribution in [0.15, 0.2) is 72.4 Å². The summed E-state index contributed by atoms with van der Waals surface area (Å²) in [6, 6.07) is 0. The second-order valence-corrected chi connectivity index (χ2v) is 3.23. The summed E-state index contributed by atoms with van der Waals surface area (Å²) in [5.74, 6) is 6.08. The lowest BCUT2D eigenvalue weighted by Crippen LogP contribution is -1.70. The van der Waals surface area contributed by atoms with E-state index in [0.717, 1.165) is 11.1 Å². The van der Waals surface area contributed by atoms with Gasteiger partial charge in [0.1, 0.15) is 0 Å². The van der Waals surface area contributed by atoms with Gasteiger partial charge in [-0.2, -0.15) is 0 Å². The van der Waals surface area contributed by atoms with Crippen molar-refractivity contribution in [2.24, 2.45) is 0 Å². The summed E-state index contributed by atoms with van der Waals surface area (Å²) in [5, 5.41) is 0. The average molecular weight is 224 g/mol. The Kier molecular flexibility index (Phi) is 9.28. The van der Waals surface area contributed by atoms with Crippen molar-refractivity contribution in [3.05, 3.63) is 72.4 Å². The lowest BCUT2D eigenvalue weighted by Gasteiger charge is -1.88. The third-order valence-electron chi connectivity index (χ3n) is 1.99. The zero-order valence-corrected chi connectivity index (χ0v) is 10.9. The first-order valence-electron chi connectivity index (χ1n) is 5.71. The van der Waals surface area contributed by atoms with Gasteiger partial charge in [-0.1, -0.05) is 61.0 Å². The van der Waals surface area contributed by atoms with Gasteiger partial charge in [0.25, 0.3) is 0 Å². The number of allylic oxidation sites excluding steroid dienone is 11. The standard InChI is InChI=1S/C17H20/c1-5-9-13-17(8-4)15-11-10-14-16(7-3)12-6-2/h5-9,11-13,15H,1H2,2-4H3/b12-6-,13-9-,15-11?,16-7+,17-8+. The summed E-state index contributed by atoms with van der Waals surface area (Å²) in [6.45, 7) is 9.60. The van der Waals surface area contributed by atoms with E-state index >= 15 is 0 Å². The fourth-order valence-corrected chi connectivity index (χ4v) is 1.08. The summed E-state index contributed by atoms with van der Waals surface area (Å²) >= 11 is 0. The van der Waals surface area contributed by atoms with Gasteiger partial charge in [0.05, 0.1) is 0 Å². The van der Waals surface area contributed by atoms with Crippen molar-refractivity contribution in [1.82, 2.24) is 0 Å². The SMILES string of the molecule is C=C/C=C\C(C=CC#CC(/C=C\C)=C/C)=C/C. The summed E-state index contributed by atoms with van der Waals surface area (Å²) < 4.78 is 0. The molecule has 0 unspecified atom stereocenters. The molecule has 0 saturated carbocycles. The summed E-state index contributed by atoms with van der Waals surface area (Å²) in [5.41, 5.74) is 2.15. The van der Waals surface area contributed by atoms with Gasteiger partial charge in [0, 0.05) is 5.57 Å². The van der Waals surface area contributed by atoms with Gasteiger partial charge in [-0.25, -0.2) is 0 Å². The predicted molar refractivity (Wildman–Crippen MR) is 78.6 cm³/mol. The minimum atomic E-state index is 1.03. The molecule has 0 saturated heterocycles. The Morgan fingerprint density at radius 3 is 2.29 bits per heavy atom. The van der Waals surface area contributed by atoms with Crippen LogP contribution in [0, 0.1) is 11.8 Å². The fraction of sp³-hybridized carbons (Fsp3) is 0.176. The third kappa shape index (κ3) is 7.88. The molecule has 0 aromatic carbocycles. The Balaban J connectivity index is 4.60. The number of rotatable bonds is 4. The van der Waals surface area contributed by atoms with Crippen molar-refractivity contribution >= 4 is 0 Å². The molecule has 0 fully saturated rings. The molecule has 0 rings (SSSR count). The Labute approximate surface area is 105 Å². The van der Waals surface area contributed by atoms with Crippen LogP contribution < -0.4 is 0 Å². The molecular formula is C17H20. The van der Waals surface area contributed by atoms with Crippen molar-refractivity contribution in [3.8, 4) is 11.8 Å². The second kappa shape index (κ2) is 10.5. The molecule has 0 aliphatic carbocycles. The Hall–Kier alpha value is -2.00. The molecule has 17 heavy (non-hydrogen) atoms. The van der Waals surface area contributed by atoms with Crippen molar-refractivity contribution in [3.63, 3.8) is 0 Å². The molecule has 88 valence electrons. The van der Waals surface area contributed by atoms with Crippen LogP contribution >= 0.6 is 0 Å². The molecule has 0 heterocycles. The van der Waals surface area contributed by atoms with Crippen LogP contribution in [-0.2, 0) is 0 Å². The highest BCUT2D eigenvalue weighted by molar-refractivity contribution is 5.42. The molecule has 0 atom stereocenters. The molecule has 0 nitrogen and oxygen atoms in total. The van der Waals surface area contributed by atoms with E-state index in [1.165, 1.54) is 0 Å². The average Bonchev–Trinajstić information content (AvgIpc) is 2.36. The molecule has 0 amide bonds. The van der Waals surface area contributed by atoms with E-state index in [9.17, 15) is 0 Å². The highest BCUT2D eigenvalue weighted by Crippen LogP contribution is 1.99. The molecular weight excluding hydrogens is 204 g/mol. The first-order valence-corrected chi connectivity index (χ1v) is 5.71. The topological polar surface area (TPSA) is 0 Å². The van der Waals surface area contributed by atoms with Gasteiger partial charge >= 0.3 is 0 Å². The molecule has 0 aromatic heterocycles. The van der Waals surface area contributed by atoms with Crippen molar-refractivity contribution < 1.29 is 0 Å². The van der Waals surface area contributed by atoms with Crippen molar-refractivity contribution in [2.45, 2.75) is 20.8 Å². The normalized spacial score (nSPS) is 13.4. The smallest absolute Gasteiger partial charge is 0.0202 e. The fourth-order valence-electron chi connectivity index (χ4n) is 1.08. The summed E-state index contributed by atoms with van der Waals surface area (Å²) in [6.07, 6.45) is 17.5.